The second-order valence-corrected chi connectivity index (χ2v) is 4.96. The molecule has 2 heterocycles. The van der Waals surface area contributed by atoms with E-state index in [0.717, 1.165) is 6.08 Å². The molecule has 0 spiro atoms. The summed E-state index contributed by atoms with van der Waals surface area (Å²) < 4.78 is 39.4. The fourth-order valence-corrected chi connectivity index (χ4v) is 2.75. The molecule has 20 heavy (non-hydrogen) atoms. The summed E-state index contributed by atoms with van der Waals surface area (Å²) >= 11 is -2.48. The van der Waals surface area contributed by atoms with Crippen LogP contribution in [0.15, 0.2) is 12.7 Å². The number of carbonyl (C=O) groups is 2. The summed E-state index contributed by atoms with van der Waals surface area (Å²) in [5.74, 6) is -1.52. The van der Waals surface area contributed by atoms with Crippen LogP contribution in [0, 0.1) is 0 Å². The summed E-state index contributed by atoms with van der Waals surface area (Å²) in [6, 6.07) is 0. The Labute approximate surface area is 117 Å². The van der Waals surface area contributed by atoms with E-state index >= 15 is 0 Å². The smallest absolute Gasteiger partial charge is 0.344 e. The van der Waals surface area contributed by atoms with Gasteiger partial charge in [0.15, 0.2) is 12.7 Å². The Balaban J connectivity index is 1.89. The molecule has 2 bridgehead atoms. The van der Waals surface area contributed by atoms with E-state index in [0.29, 0.717) is 12.8 Å². The summed E-state index contributed by atoms with van der Waals surface area (Å²) in [6.07, 6.45) is -0.0380. The van der Waals surface area contributed by atoms with Crippen molar-refractivity contribution in [1.82, 2.24) is 0 Å². The van der Waals surface area contributed by atoms with Gasteiger partial charge in [0.1, 0.15) is 6.10 Å². The van der Waals surface area contributed by atoms with Gasteiger partial charge in [-0.25, -0.2) is 9.59 Å². The summed E-state index contributed by atoms with van der Waals surface area (Å²) in [5, 5.41) is 0. The summed E-state index contributed by atoms with van der Waals surface area (Å²) in [4.78, 5) is 22.4. The van der Waals surface area contributed by atoms with Crippen molar-refractivity contribution in [1.29, 1.82) is 0 Å². The maximum absolute atomic E-state index is 11.5. The first-order chi connectivity index (χ1) is 9.51. The van der Waals surface area contributed by atoms with Crippen molar-refractivity contribution in [3.05, 3.63) is 12.7 Å². The minimum atomic E-state index is -2.48. The largest absolute Gasteiger partial charge is 0.454 e. The predicted octanol–water partition coefficient (Wildman–Crippen LogP) is -0.290. The van der Waals surface area contributed by atoms with E-state index in [2.05, 4.69) is 11.3 Å². The van der Waals surface area contributed by atoms with E-state index in [4.69, 9.17) is 18.2 Å². The van der Waals surface area contributed by atoms with Crippen LogP contribution in [0.5, 0.6) is 0 Å². The van der Waals surface area contributed by atoms with Crippen LogP contribution in [0.25, 0.3) is 0 Å². The molecule has 2 aliphatic rings. The van der Waals surface area contributed by atoms with Crippen molar-refractivity contribution in [2.24, 2.45) is 0 Å². The zero-order valence-electron chi connectivity index (χ0n) is 10.4. The van der Waals surface area contributed by atoms with E-state index < -0.39 is 42.1 Å². The lowest BCUT2D eigenvalue weighted by Crippen LogP contribution is -2.43. The minimum absolute atomic E-state index is 0.368. The first-order valence-corrected chi connectivity index (χ1v) is 6.96. The molecule has 9 heteroatoms. The first kappa shape index (κ1) is 15.1. The fourth-order valence-electron chi connectivity index (χ4n) is 2.33. The van der Waals surface area contributed by atoms with Gasteiger partial charge in [-0.15, -0.1) is 0 Å². The molecule has 112 valence electrons. The van der Waals surface area contributed by atoms with Crippen LogP contribution in [-0.4, -0.2) is 51.7 Å². The maximum atomic E-state index is 11.5. The van der Waals surface area contributed by atoms with E-state index in [-0.39, 0.29) is 12.2 Å². The van der Waals surface area contributed by atoms with Crippen molar-refractivity contribution < 1.29 is 36.7 Å². The number of hydrogen-bond acceptors (Lipinski definition) is 7. The SMILES string of the molecule is C=CC(=O)OCC(=O)OC1C2CCC(O2)C1OS(=O)O. The van der Waals surface area contributed by atoms with Crippen LogP contribution in [-0.2, 0) is 39.3 Å². The highest BCUT2D eigenvalue weighted by atomic mass is 32.2. The van der Waals surface area contributed by atoms with E-state index in [1.165, 1.54) is 0 Å². The molecule has 2 saturated heterocycles. The second-order valence-electron chi connectivity index (χ2n) is 4.33. The highest BCUT2D eigenvalue weighted by Gasteiger charge is 2.53. The quantitative estimate of drug-likeness (QED) is 0.405. The third kappa shape index (κ3) is 3.42. The number of carbonyl (C=O) groups excluding carboxylic acids is 2. The molecule has 0 aromatic heterocycles. The Morgan fingerprint density at radius 3 is 2.60 bits per heavy atom. The average molecular weight is 306 g/mol. The molecule has 0 radical (unpaired) electrons. The molecular formula is C11H14O8S. The molecule has 8 nitrogen and oxygen atoms in total. The minimum Gasteiger partial charge on any atom is -0.454 e. The third-order valence-electron chi connectivity index (χ3n) is 3.10. The normalized spacial score (nSPS) is 32.6. The number of rotatable bonds is 6. The third-order valence-corrected chi connectivity index (χ3v) is 3.49. The molecule has 0 aromatic rings. The predicted molar refractivity (Wildman–Crippen MR) is 64.6 cm³/mol. The van der Waals surface area contributed by atoms with Gasteiger partial charge in [-0.1, -0.05) is 6.58 Å². The van der Waals surface area contributed by atoms with Crippen molar-refractivity contribution >= 4 is 23.3 Å². The topological polar surface area (TPSA) is 108 Å². The van der Waals surface area contributed by atoms with Gasteiger partial charge in [-0.05, 0) is 12.8 Å². The molecule has 2 rings (SSSR count). The van der Waals surface area contributed by atoms with E-state index in [9.17, 15) is 13.8 Å². The van der Waals surface area contributed by atoms with Gasteiger partial charge in [0.2, 0.25) is 0 Å². The van der Waals surface area contributed by atoms with E-state index in [1.54, 1.807) is 0 Å². The van der Waals surface area contributed by atoms with Crippen molar-refractivity contribution in [2.45, 2.75) is 37.3 Å². The van der Waals surface area contributed by atoms with Gasteiger partial charge in [-0.2, -0.15) is 4.21 Å². The maximum Gasteiger partial charge on any atom is 0.344 e. The van der Waals surface area contributed by atoms with Crippen LogP contribution in [0.4, 0.5) is 0 Å². The van der Waals surface area contributed by atoms with Crippen molar-refractivity contribution in [3.63, 3.8) is 0 Å². The number of hydrogen-bond donors (Lipinski definition) is 1. The molecule has 2 aliphatic heterocycles. The van der Waals surface area contributed by atoms with Crippen molar-refractivity contribution in [2.75, 3.05) is 6.61 Å². The Bertz CT molecular complexity index is 436. The van der Waals surface area contributed by atoms with Crippen LogP contribution >= 0.6 is 0 Å². The Hall–Kier alpha value is -1.29. The van der Waals surface area contributed by atoms with Crippen LogP contribution < -0.4 is 0 Å². The molecule has 1 N–H and O–H groups in total. The molecule has 0 saturated carbocycles. The van der Waals surface area contributed by atoms with E-state index in [1.807, 2.05) is 0 Å². The van der Waals surface area contributed by atoms with Crippen LogP contribution in [0.2, 0.25) is 0 Å². The Kier molecular flexibility index (Phi) is 4.86. The number of ether oxygens (including phenoxy) is 3. The second kappa shape index (κ2) is 6.44. The van der Waals surface area contributed by atoms with Gasteiger partial charge in [-0.3, -0.25) is 8.74 Å². The summed E-state index contributed by atoms with van der Waals surface area (Å²) in [5.41, 5.74) is 0. The monoisotopic (exact) mass is 306 g/mol. The molecule has 0 aromatic carbocycles. The van der Waals surface area contributed by atoms with Gasteiger partial charge in [0.25, 0.3) is 0 Å². The molecule has 5 atom stereocenters. The lowest BCUT2D eigenvalue weighted by atomic mass is 9.95. The van der Waals surface area contributed by atoms with Crippen LogP contribution in [0.1, 0.15) is 12.8 Å². The van der Waals surface area contributed by atoms with Gasteiger partial charge in [0, 0.05) is 6.08 Å². The lowest BCUT2D eigenvalue weighted by molar-refractivity contribution is -0.164. The van der Waals surface area contributed by atoms with Gasteiger partial charge >= 0.3 is 23.3 Å². The number of fused-ring (bicyclic) bond motifs is 2. The molecule has 0 amide bonds. The standard InChI is InChI=1S/C11H14O8S/c1-2-8(12)16-5-9(13)18-10-6-3-4-7(17-6)11(10)19-20(14)15/h2,6-7,10-11H,1,3-5H2,(H,14,15). The number of esters is 2. The summed E-state index contributed by atoms with van der Waals surface area (Å²) in [7, 11) is 0. The zero-order chi connectivity index (χ0) is 14.7. The molecular weight excluding hydrogens is 292 g/mol. The van der Waals surface area contributed by atoms with Crippen molar-refractivity contribution in [3.8, 4) is 0 Å². The fraction of sp³-hybridized carbons (Fsp3) is 0.636. The Morgan fingerprint density at radius 1 is 1.35 bits per heavy atom. The highest BCUT2D eigenvalue weighted by Crippen LogP contribution is 2.38. The first-order valence-electron chi connectivity index (χ1n) is 5.93. The van der Waals surface area contributed by atoms with Crippen LogP contribution in [0.3, 0.4) is 0 Å². The lowest BCUT2D eigenvalue weighted by Gasteiger charge is -2.25. The average Bonchev–Trinajstić information content (AvgIpc) is 2.98. The molecule has 0 aliphatic carbocycles. The summed E-state index contributed by atoms with van der Waals surface area (Å²) in [6.45, 7) is 2.63. The molecule has 2 fully saturated rings. The zero-order valence-corrected chi connectivity index (χ0v) is 11.2. The van der Waals surface area contributed by atoms with Gasteiger partial charge < -0.3 is 14.2 Å². The highest BCUT2D eigenvalue weighted by molar-refractivity contribution is 7.74. The molecule has 5 unspecified atom stereocenters. The van der Waals surface area contributed by atoms with Gasteiger partial charge in [0.05, 0.1) is 12.2 Å². The Morgan fingerprint density at radius 2 is 2.00 bits per heavy atom.